The molecule has 0 aliphatic heterocycles. The van der Waals surface area contributed by atoms with Crippen molar-refractivity contribution in [3.8, 4) is 6.07 Å². The van der Waals surface area contributed by atoms with E-state index in [9.17, 15) is 27.2 Å². The molecule has 0 atom stereocenters. The topological polar surface area (TPSA) is 140 Å². The Balaban J connectivity index is 1.75. The zero-order chi connectivity index (χ0) is 26.2. The number of benzene rings is 1. The molecule has 13 heteroatoms. The normalized spacial score (nSPS) is 11.3. The van der Waals surface area contributed by atoms with Crippen molar-refractivity contribution >= 4 is 28.4 Å². The lowest BCUT2D eigenvalue weighted by molar-refractivity contribution is -0.140. The highest BCUT2D eigenvalue weighted by atomic mass is 19.4. The highest BCUT2D eigenvalue weighted by molar-refractivity contribution is 6.10. The van der Waals surface area contributed by atoms with E-state index in [4.69, 9.17) is 11.0 Å². The van der Waals surface area contributed by atoms with Crippen LogP contribution in [0.5, 0.6) is 0 Å². The summed E-state index contributed by atoms with van der Waals surface area (Å²) in [6.07, 6.45) is -4.93. The molecule has 3 N–H and O–H groups in total. The lowest BCUT2D eigenvalue weighted by Gasteiger charge is -2.11. The third-order valence-corrected chi connectivity index (χ3v) is 5.23. The Morgan fingerprint density at radius 3 is 2.56 bits per heavy atom. The van der Waals surface area contributed by atoms with Crippen LogP contribution in [-0.2, 0) is 12.7 Å². The minimum Gasteiger partial charge on any atom is -0.366 e. The first kappa shape index (κ1) is 24.3. The number of amides is 2. The number of aromatic nitrogens is 4. The molecule has 182 valence electrons. The van der Waals surface area contributed by atoms with Crippen LogP contribution in [0.25, 0.3) is 10.9 Å². The lowest BCUT2D eigenvalue weighted by Crippen LogP contribution is -2.20. The fraction of sp³-hybridized carbons (Fsp3) is 0.130. The van der Waals surface area contributed by atoms with Crippen molar-refractivity contribution in [3.05, 3.63) is 82.3 Å². The summed E-state index contributed by atoms with van der Waals surface area (Å²) >= 11 is 0. The van der Waals surface area contributed by atoms with Crippen molar-refractivity contribution in [2.75, 3.05) is 5.32 Å². The molecule has 0 unspecified atom stereocenters. The van der Waals surface area contributed by atoms with Crippen molar-refractivity contribution in [2.45, 2.75) is 19.6 Å². The quantitative estimate of drug-likeness (QED) is 0.404. The highest BCUT2D eigenvalue weighted by Crippen LogP contribution is 2.36. The average molecular weight is 497 g/mol. The van der Waals surface area contributed by atoms with Crippen LogP contribution in [0.15, 0.2) is 42.5 Å². The van der Waals surface area contributed by atoms with Gasteiger partial charge in [0.05, 0.1) is 34.7 Å². The van der Waals surface area contributed by atoms with Gasteiger partial charge in [0.1, 0.15) is 23.3 Å². The number of hydrogen-bond donors (Lipinski definition) is 2. The van der Waals surface area contributed by atoms with E-state index in [2.05, 4.69) is 20.4 Å². The summed E-state index contributed by atoms with van der Waals surface area (Å²) < 4.78 is 56.5. The first-order chi connectivity index (χ1) is 17.0. The van der Waals surface area contributed by atoms with Crippen LogP contribution in [0.2, 0.25) is 0 Å². The lowest BCUT2D eigenvalue weighted by atomic mass is 10.1. The molecule has 0 aliphatic carbocycles. The summed E-state index contributed by atoms with van der Waals surface area (Å²) in [4.78, 5) is 32.8. The fourth-order valence-electron chi connectivity index (χ4n) is 3.56. The van der Waals surface area contributed by atoms with Gasteiger partial charge in [-0.2, -0.15) is 23.5 Å². The number of nitrogens with zero attached hydrogens (tertiary/aromatic N) is 5. The van der Waals surface area contributed by atoms with Crippen molar-refractivity contribution in [1.82, 2.24) is 19.7 Å². The molecule has 0 fully saturated rings. The molecule has 1 aromatic carbocycles. The summed E-state index contributed by atoms with van der Waals surface area (Å²) in [5.41, 5.74) is 2.73. The SMILES string of the molecule is Cc1c(NC(=O)c2cc(C(N)=O)c3c(F)cccc3n2)c(C(F)(F)F)nn1Cc1cccc(C#N)n1. The molecule has 2 amide bonds. The molecule has 0 radical (unpaired) electrons. The number of rotatable bonds is 5. The fourth-order valence-corrected chi connectivity index (χ4v) is 3.56. The Kier molecular flexibility index (Phi) is 6.11. The van der Waals surface area contributed by atoms with Gasteiger partial charge in [-0.1, -0.05) is 12.1 Å². The van der Waals surface area contributed by atoms with Gasteiger partial charge >= 0.3 is 6.18 Å². The Morgan fingerprint density at radius 1 is 1.17 bits per heavy atom. The molecule has 0 aliphatic rings. The molecule has 4 rings (SSSR count). The number of primary amides is 1. The summed E-state index contributed by atoms with van der Waals surface area (Å²) in [7, 11) is 0. The Hall–Kier alpha value is -4.86. The predicted octanol–water partition coefficient (Wildman–Crippen LogP) is 3.56. The average Bonchev–Trinajstić information content (AvgIpc) is 3.14. The van der Waals surface area contributed by atoms with Crippen molar-refractivity contribution in [2.24, 2.45) is 5.73 Å². The highest BCUT2D eigenvalue weighted by Gasteiger charge is 2.39. The van der Waals surface area contributed by atoms with Crippen LogP contribution in [0, 0.1) is 24.1 Å². The number of fused-ring (bicyclic) bond motifs is 1. The van der Waals surface area contributed by atoms with Crippen LogP contribution in [0.4, 0.5) is 23.2 Å². The molecule has 0 saturated carbocycles. The number of hydrogen-bond acceptors (Lipinski definition) is 6. The van der Waals surface area contributed by atoms with Crippen molar-refractivity contribution < 1.29 is 27.2 Å². The van der Waals surface area contributed by atoms with Gasteiger partial charge in [0.2, 0.25) is 5.91 Å². The molecule has 0 spiro atoms. The van der Waals surface area contributed by atoms with E-state index in [0.29, 0.717) is 0 Å². The van der Waals surface area contributed by atoms with Crippen LogP contribution >= 0.6 is 0 Å². The van der Waals surface area contributed by atoms with Gasteiger partial charge < -0.3 is 11.1 Å². The van der Waals surface area contributed by atoms with Crippen LogP contribution in [0.3, 0.4) is 0 Å². The maximum absolute atomic E-state index is 14.2. The van der Waals surface area contributed by atoms with Gasteiger partial charge in [-0.3, -0.25) is 14.3 Å². The molecule has 4 aromatic rings. The number of anilines is 1. The smallest absolute Gasteiger partial charge is 0.366 e. The van der Waals surface area contributed by atoms with E-state index in [1.165, 1.54) is 37.3 Å². The largest absolute Gasteiger partial charge is 0.437 e. The minimum absolute atomic E-state index is 0.0539. The summed E-state index contributed by atoms with van der Waals surface area (Å²) in [5, 5.41) is 14.5. The van der Waals surface area contributed by atoms with Crippen molar-refractivity contribution in [1.29, 1.82) is 5.26 Å². The van der Waals surface area contributed by atoms with Gasteiger partial charge in [0.15, 0.2) is 5.69 Å². The van der Waals surface area contributed by atoms with Gasteiger partial charge in [-0.05, 0) is 37.3 Å². The second kappa shape index (κ2) is 9.06. The third kappa shape index (κ3) is 4.56. The Labute approximate surface area is 200 Å². The molecular weight excluding hydrogens is 482 g/mol. The zero-order valence-electron chi connectivity index (χ0n) is 18.4. The van der Waals surface area contributed by atoms with E-state index in [-0.39, 0.29) is 40.1 Å². The minimum atomic E-state index is -4.93. The number of nitriles is 1. The second-order valence-corrected chi connectivity index (χ2v) is 7.60. The Bertz CT molecular complexity index is 1570. The molecule has 0 bridgehead atoms. The van der Waals surface area contributed by atoms with Gasteiger partial charge in [0, 0.05) is 5.39 Å². The van der Waals surface area contributed by atoms with E-state index in [0.717, 1.165) is 16.8 Å². The molecule has 36 heavy (non-hydrogen) atoms. The van der Waals surface area contributed by atoms with Crippen molar-refractivity contribution in [3.63, 3.8) is 0 Å². The summed E-state index contributed by atoms with van der Waals surface area (Å²) in [5.74, 6) is -2.94. The number of carbonyl (C=O) groups excluding carboxylic acids is 2. The second-order valence-electron chi connectivity index (χ2n) is 7.60. The Morgan fingerprint density at radius 2 is 1.89 bits per heavy atom. The first-order valence-electron chi connectivity index (χ1n) is 10.2. The van der Waals surface area contributed by atoms with E-state index in [1.54, 1.807) is 0 Å². The molecular formula is C23H15F4N7O2. The number of nitrogens with one attached hydrogen (secondary N) is 1. The number of alkyl halides is 3. The van der Waals surface area contributed by atoms with Crippen LogP contribution < -0.4 is 11.1 Å². The van der Waals surface area contributed by atoms with Gasteiger partial charge in [-0.25, -0.2) is 14.4 Å². The van der Waals surface area contributed by atoms with Gasteiger partial charge in [-0.15, -0.1) is 0 Å². The molecule has 3 aromatic heterocycles. The molecule has 9 nitrogen and oxygen atoms in total. The van der Waals surface area contributed by atoms with Gasteiger partial charge in [0.25, 0.3) is 5.91 Å². The summed E-state index contributed by atoms with van der Waals surface area (Å²) in [6.45, 7) is 1.10. The maximum atomic E-state index is 14.2. The number of pyridine rings is 2. The van der Waals surface area contributed by atoms with Crippen LogP contribution in [0.1, 0.15) is 43.6 Å². The standard InChI is InChI=1S/C23H15F4N7O2/c1-11-19(20(23(25,26)27)33-34(11)10-13-5-2-4-12(9-28)30-13)32-22(36)17-8-14(21(29)35)18-15(24)6-3-7-16(18)31-17/h2-8H,10H2,1H3,(H2,29,35)(H,32,36). The maximum Gasteiger partial charge on any atom is 0.437 e. The third-order valence-electron chi connectivity index (χ3n) is 5.23. The van der Waals surface area contributed by atoms with E-state index in [1.807, 2.05) is 6.07 Å². The zero-order valence-corrected chi connectivity index (χ0v) is 18.4. The monoisotopic (exact) mass is 497 g/mol. The van der Waals surface area contributed by atoms with Crippen LogP contribution in [-0.4, -0.2) is 31.6 Å². The number of nitrogens with two attached hydrogens (primary N) is 1. The van der Waals surface area contributed by atoms with E-state index < -0.39 is 40.9 Å². The number of halogens is 4. The molecule has 3 heterocycles. The van der Waals surface area contributed by atoms with E-state index >= 15 is 0 Å². The number of carbonyl (C=O) groups is 2. The molecule has 0 saturated heterocycles. The predicted molar refractivity (Wildman–Crippen MR) is 118 cm³/mol. The summed E-state index contributed by atoms with van der Waals surface area (Å²) in [6, 6.07) is 10.9. The first-order valence-corrected chi connectivity index (χ1v) is 10.2.